The molecule has 0 N–H and O–H groups in total. The van der Waals surface area contributed by atoms with Crippen molar-refractivity contribution in [2.45, 2.75) is 0 Å². The van der Waals surface area contributed by atoms with Crippen molar-refractivity contribution >= 4 is 0 Å². The highest BCUT2D eigenvalue weighted by Crippen LogP contribution is 1.47. The Labute approximate surface area is 40.8 Å². The molecule has 0 saturated carbocycles. The molecule has 4 heteroatoms. The largest absolute Gasteiger partial charge is 0.334 e. The summed E-state index contributed by atoms with van der Waals surface area (Å²) in [4.78, 5) is 0. The Kier molecular flexibility index (Phi) is 0.934. The topological polar surface area (TPSA) is 42.5 Å². The van der Waals surface area contributed by atoms with Crippen LogP contribution in [0.3, 0.4) is 0 Å². The molecule has 0 amide bonds. The summed E-state index contributed by atoms with van der Waals surface area (Å²) in [5.74, 6) is 0. The second-order valence-electron chi connectivity index (χ2n) is 1.15. The van der Waals surface area contributed by atoms with E-state index in [0.29, 0.717) is 0 Å². The quantitative estimate of drug-likeness (QED) is 0.378. The van der Waals surface area contributed by atoms with Gasteiger partial charge in [-0.1, -0.05) is 5.10 Å². The fourth-order valence-electron chi connectivity index (χ4n) is 0.269. The normalized spacial score (nSPS) is 8.71. The van der Waals surface area contributed by atoms with Gasteiger partial charge < -0.3 is 0 Å². The zero-order valence-corrected chi connectivity index (χ0v) is 3.94. The fourth-order valence-corrected chi connectivity index (χ4v) is 0.269. The van der Waals surface area contributed by atoms with E-state index in [1.165, 1.54) is 12.7 Å². The van der Waals surface area contributed by atoms with Gasteiger partial charge in [0.2, 0.25) is 6.33 Å². The molecule has 0 bridgehead atoms. The van der Waals surface area contributed by atoms with Crippen molar-refractivity contribution in [3.8, 4) is 0 Å². The molecular weight excluding hydrogens is 92.1 g/mol. The Bertz CT molecular complexity index is 137. The molecule has 7 heavy (non-hydrogen) atoms. The Morgan fingerprint density at radius 3 is 2.57 bits per heavy atom. The van der Waals surface area contributed by atoms with Crippen molar-refractivity contribution in [3.63, 3.8) is 0 Å². The van der Waals surface area contributed by atoms with Gasteiger partial charge in [0, 0.05) is 0 Å². The Morgan fingerprint density at radius 1 is 1.43 bits per heavy atom. The summed E-state index contributed by atoms with van der Waals surface area (Å²) in [5, 5.41) is 10.7. The highest BCUT2D eigenvalue weighted by molar-refractivity contribution is 4.26. The first-order chi connectivity index (χ1) is 3.39. The summed E-state index contributed by atoms with van der Waals surface area (Å²) in [6.45, 7) is 0. The molecule has 0 spiro atoms. The molecule has 0 atom stereocenters. The first-order valence-electron chi connectivity index (χ1n) is 1.88. The monoisotopic (exact) mass is 97.1 g/mol. The van der Waals surface area contributed by atoms with Gasteiger partial charge in [-0.05, 0) is 5.10 Å². The maximum atomic E-state index is 3.72. The van der Waals surface area contributed by atoms with Crippen LogP contribution in [0.25, 0.3) is 0 Å². The molecule has 0 radical (unpaired) electrons. The zero-order valence-electron chi connectivity index (χ0n) is 3.94. The van der Waals surface area contributed by atoms with Crippen molar-refractivity contribution in [1.82, 2.24) is 15.3 Å². The molecule has 0 aromatic carbocycles. The van der Waals surface area contributed by atoms with Gasteiger partial charge in [-0.2, -0.15) is 0 Å². The number of aryl methyl sites for hydroxylation is 1. The number of rotatable bonds is 0. The molecule has 0 saturated heterocycles. The lowest BCUT2D eigenvalue weighted by molar-refractivity contribution is -0.734. The molecule has 0 unspecified atom stereocenters. The van der Waals surface area contributed by atoms with E-state index in [1.54, 1.807) is 11.7 Å². The van der Waals surface area contributed by atoms with Crippen LogP contribution in [0.5, 0.6) is 0 Å². The summed E-state index contributed by atoms with van der Waals surface area (Å²) < 4.78 is 1.58. The van der Waals surface area contributed by atoms with Gasteiger partial charge in [0.1, 0.15) is 7.05 Å². The molecule has 1 aromatic rings. The second-order valence-corrected chi connectivity index (χ2v) is 1.15. The van der Waals surface area contributed by atoms with Gasteiger partial charge in [-0.15, -0.1) is 4.68 Å². The summed E-state index contributed by atoms with van der Waals surface area (Å²) in [7, 11) is 1.79. The lowest BCUT2D eigenvalue weighted by atomic mass is 11.2. The van der Waals surface area contributed by atoms with E-state index in [4.69, 9.17) is 0 Å². The molecule has 1 aromatic heterocycles. The zero-order chi connectivity index (χ0) is 5.11. The lowest BCUT2D eigenvalue weighted by Crippen LogP contribution is -2.32. The summed E-state index contributed by atoms with van der Waals surface area (Å²) in [6.07, 6.45) is 2.92. The molecule has 36 valence electrons. The van der Waals surface area contributed by atoms with E-state index >= 15 is 0 Å². The van der Waals surface area contributed by atoms with E-state index in [2.05, 4.69) is 15.3 Å². The van der Waals surface area contributed by atoms with Crippen molar-refractivity contribution in [1.29, 1.82) is 0 Å². The standard InChI is InChI=1S/C3H5N4/c1-7-3-5-4-2-6-7/h2-3H,1H3/q+1. The van der Waals surface area contributed by atoms with Crippen molar-refractivity contribution in [3.05, 3.63) is 12.7 Å². The van der Waals surface area contributed by atoms with Crippen molar-refractivity contribution in [2.75, 3.05) is 0 Å². The van der Waals surface area contributed by atoms with Crippen LogP contribution in [0.2, 0.25) is 0 Å². The first-order valence-corrected chi connectivity index (χ1v) is 1.88. The van der Waals surface area contributed by atoms with Crippen LogP contribution in [-0.2, 0) is 7.05 Å². The van der Waals surface area contributed by atoms with Crippen LogP contribution in [0, 0.1) is 0 Å². The molecule has 0 fully saturated rings. The third-order valence-electron chi connectivity index (χ3n) is 0.571. The summed E-state index contributed by atoms with van der Waals surface area (Å²) in [6, 6.07) is 0. The number of hydrogen-bond donors (Lipinski definition) is 0. The third kappa shape index (κ3) is 0.887. The average molecular weight is 97.1 g/mol. The van der Waals surface area contributed by atoms with Gasteiger partial charge in [-0.3, -0.25) is 0 Å². The molecule has 1 heterocycles. The van der Waals surface area contributed by atoms with Gasteiger partial charge in [-0.25, -0.2) is 0 Å². The minimum atomic E-state index is 1.39. The minimum Gasteiger partial charge on any atom is -0.137 e. The molecule has 0 aliphatic carbocycles. The maximum absolute atomic E-state index is 3.72. The maximum Gasteiger partial charge on any atom is 0.334 e. The third-order valence-corrected chi connectivity index (χ3v) is 0.571. The molecule has 0 aliphatic heterocycles. The van der Waals surface area contributed by atoms with Crippen molar-refractivity contribution < 1.29 is 4.68 Å². The van der Waals surface area contributed by atoms with Crippen LogP contribution in [0.1, 0.15) is 0 Å². The van der Waals surface area contributed by atoms with Crippen LogP contribution < -0.4 is 4.68 Å². The fraction of sp³-hybridized carbons (Fsp3) is 0.333. The Morgan fingerprint density at radius 2 is 2.29 bits per heavy atom. The molecule has 0 aliphatic rings. The molecule has 4 nitrogen and oxygen atoms in total. The first kappa shape index (κ1) is 4.11. The molecular formula is C3H5N4+. The van der Waals surface area contributed by atoms with Crippen LogP contribution in [-0.4, -0.2) is 15.3 Å². The summed E-state index contributed by atoms with van der Waals surface area (Å²) >= 11 is 0. The Hall–Kier alpha value is -1.06. The predicted octanol–water partition coefficient (Wildman–Crippen LogP) is -1.30. The average Bonchev–Trinajstić information content (AvgIpc) is 1.69. The molecule has 1 rings (SSSR count). The predicted molar refractivity (Wildman–Crippen MR) is 21.0 cm³/mol. The second kappa shape index (κ2) is 1.59. The minimum absolute atomic E-state index is 1.39. The Balaban J connectivity index is 3.02. The number of hydrogen-bond acceptors (Lipinski definition) is 3. The summed E-state index contributed by atoms with van der Waals surface area (Å²) in [5.41, 5.74) is 0. The van der Waals surface area contributed by atoms with Gasteiger partial charge in [0.25, 0.3) is 0 Å². The van der Waals surface area contributed by atoms with E-state index in [9.17, 15) is 0 Å². The SMILES string of the molecule is C[n+]1cnncn1. The van der Waals surface area contributed by atoms with Crippen LogP contribution in [0.15, 0.2) is 12.7 Å². The van der Waals surface area contributed by atoms with Crippen LogP contribution in [0.4, 0.5) is 0 Å². The van der Waals surface area contributed by atoms with E-state index in [-0.39, 0.29) is 0 Å². The van der Waals surface area contributed by atoms with Gasteiger partial charge in [0.05, 0.1) is 5.10 Å². The van der Waals surface area contributed by atoms with E-state index in [0.717, 1.165) is 0 Å². The highest BCUT2D eigenvalue weighted by atomic mass is 15.3. The lowest BCUT2D eigenvalue weighted by Gasteiger charge is -1.74. The van der Waals surface area contributed by atoms with Gasteiger partial charge in [0.15, 0.2) is 0 Å². The van der Waals surface area contributed by atoms with Crippen LogP contribution >= 0.6 is 0 Å². The van der Waals surface area contributed by atoms with Gasteiger partial charge >= 0.3 is 6.33 Å². The number of aromatic nitrogens is 4. The van der Waals surface area contributed by atoms with Crippen molar-refractivity contribution in [2.24, 2.45) is 7.05 Å². The smallest absolute Gasteiger partial charge is 0.137 e. The van der Waals surface area contributed by atoms with E-state index < -0.39 is 0 Å². The van der Waals surface area contributed by atoms with E-state index in [1.807, 2.05) is 0 Å². The highest BCUT2D eigenvalue weighted by Gasteiger charge is 1.83. The number of nitrogens with zero attached hydrogens (tertiary/aromatic N) is 4.